The fourth-order valence-electron chi connectivity index (χ4n) is 2.73. The van der Waals surface area contributed by atoms with Gasteiger partial charge in [-0.1, -0.05) is 11.6 Å². The molecule has 0 aliphatic heterocycles. The van der Waals surface area contributed by atoms with Crippen molar-refractivity contribution in [2.45, 2.75) is 12.5 Å². The molecule has 0 saturated heterocycles. The molecule has 3 aromatic rings. The largest absolute Gasteiger partial charge is 0.394 e. The van der Waals surface area contributed by atoms with E-state index < -0.39 is 0 Å². The van der Waals surface area contributed by atoms with Crippen molar-refractivity contribution in [3.63, 3.8) is 0 Å². The van der Waals surface area contributed by atoms with Gasteiger partial charge in [0.25, 0.3) is 5.91 Å². The summed E-state index contributed by atoms with van der Waals surface area (Å²) in [7, 11) is 0. The van der Waals surface area contributed by atoms with Crippen LogP contribution in [0.1, 0.15) is 16.8 Å². The van der Waals surface area contributed by atoms with Gasteiger partial charge < -0.3 is 15.0 Å². The van der Waals surface area contributed by atoms with Crippen molar-refractivity contribution in [2.75, 3.05) is 18.6 Å². The van der Waals surface area contributed by atoms with Crippen LogP contribution in [0.25, 0.3) is 11.5 Å². The van der Waals surface area contributed by atoms with E-state index in [-0.39, 0.29) is 18.6 Å². The van der Waals surface area contributed by atoms with Crippen molar-refractivity contribution in [1.29, 1.82) is 0 Å². The predicted molar refractivity (Wildman–Crippen MR) is 109 cm³/mol. The number of aliphatic hydroxyl groups is 1. The molecule has 0 saturated carbocycles. The molecule has 2 heterocycles. The Morgan fingerprint density at radius 1 is 1.30 bits per heavy atom. The minimum absolute atomic E-state index is 0.101. The fraction of sp³-hybridized carbons (Fsp3) is 0.263. The molecule has 6 nitrogen and oxygen atoms in total. The Balaban J connectivity index is 1.96. The highest BCUT2D eigenvalue weighted by atomic mass is 35.5. The molecule has 2 N–H and O–H groups in total. The molecule has 0 spiro atoms. The second-order valence-electron chi connectivity index (χ2n) is 5.99. The Bertz CT molecular complexity index is 878. The minimum atomic E-state index is -0.290. The highest BCUT2D eigenvalue weighted by molar-refractivity contribution is 7.98. The van der Waals surface area contributed by atoms with E-state index in [9.17, 15) is 9.90 Å². The maximum absolute atomic E-state index is 12.9. The van der Waals surface area contributed by atoms with Crippen LogP contribution in [-0.2, 0) is 0 Å². The fourth-order valence-corrected chi connectivity index (χ4v) is 3.38. The Morgan fingerprint density at radius 3 is 2.63 bits per heavy atom. The van der Waals surface area contributed by atoms with Gasteiger partial charge in [0.2, 0.25) is 0 Å². The molecule has 142 valence electrons. The monoisotopic (exact) mass is 404 g/mol. The van der Waals surface area contributed by atoms with Crippen molar-refractivity contribution in [2.24, 2.45) is 0 Å². The molecule has 0 bridgehead atoms. The number of nitrogens with one attached hydrogen (secondary N) is 1. The van der Waals surface area contributed by atoms with Gasteiger partial charge >= 0.3 is 0 Å². The zero-order chi connectivity index (χ0) is 19.2. The number of carbonyl (C=O) groups is 1. The first kappa shape index (κ1) is 19.5. The third-order valence-electron chi connectivity index (χ3n) is 4.13. The number of thioether (sulfide) groups is 1. The Kier molecular flexibility index (Phi) is 6.60. The van der Waals surface area contributed by atoms with Gasteiger partial charge in [-0.05, 0) is 54.8 Å². The second-order valence-corrected chi connectivity index (χ2v) is 7.42. The summed E-state index contributed by atoms with van der Waals surface area (Å²) in [6.45, 7) is -0.101. The van der Waals surface area contributed by atoms with Gasteiger partial charge in [-0.2, -0.15) is 16.9 Å². The van der Waals surface area contributed by atoms with E-state index in [4.69, 9.17) is 11.6 Å². The van der Waals surface area contributed by atoms with Gasteiger partial charge in [-0.25, -0.2) is 4.68 Å². The number of rotatable bonds is 8. The molecule has 8 heteroatoms. The lowest BCUT2D eigenvalue weighted by Crippen LogP contribution is -2.38. The molecular weight excluding hydrogens is 384 g/mol. The van der Waals surface area contributed by atoms with Crippen molar-refractivity contribution in [3.8, 4) is 11.5 Å². The zero-order valence-electron chi connectivity index (χ0n) is 14.9. The smallest absolute Gasteiger partial charge is 0.257 e. The third-order valence-corrected chi connectivity index (χ3v) is 5.03. The number of amides is 1. The standard InChI is InChI=1S/C19H21ClN4O2S/c1-27-11-8-15(13-25)22-18(26)17-12-21-24(16-6-4-14(20)5-7-16)19(17)23-9-2-3-10-23/h2-7,9-10,12,15,25H,8,11,13H2,1H3,(H,22,26)/t15-/m0/s1. The van der Waals surface area contributed by atoms with E-state index in [2.05, 4.69) is 10.4 Å². The highest BCUT2D eigenvalue weighted by Crippen LogP contribution is 2.21. The van der Waals surface area contributed by atoms with Crippen molar-refractivity contribution in [3.05, 3.63) is 65.6 Å². The van der Waals surface area contributed by atoms with Gasteiger partial charge in [-0.3, -0.25) is 4.79 Å². The summed E-state index contributed by atoms with van der Waals surface area (Å²) in [4.78, 5) is 12.9. The van der Waals surface area contributed by atoms with E-state index in [1.54, 1.807) is 34.8 Å². The zero-order valence-corrected chi connectivity index (χ0v) is 16.5. The molecule has 1 amide bonds. The third kappa shape index (κ3) is 4.55. The van der Waals surface area contributed by atoms with Crippen LogP contribution in [-0.4, -0.2) is 50.0 Å². The number of aromatic nitrogens is 3. The molecule has 0 radical (unpaired) electrons. The topological polar surface area (TPSA) is 72.1 Å². The summed E-state index contributed by atoms with van der Waals surface area (Å²) in [5, 5.41) is 17.5. The van der Waals surface area contributed by atoms with Gasteiger partial charge in [0.1, 0.15) is 5.56 Å². The van der Waals surface area contributed by atoms with E-state index >= 15 is 0 Å². The molecule has 1 aromatic carbocycles. The first-order valence-corrected chi connectivity index (χ1v) is 10.3. The van der Waals surface area contributed by atoms with E-state index in [0.717, 1.165) is 11.4 Å². The Labute approximate surface area is 167 Å². The molecule has 2 aromatic heterocycles. The number of hydrogen-bond donors (Lipinski definition) is 2. The van der Waals surface area contributed by atoms with Gasteiger partial charge in [0.15, 0.2) is 5.82 Å². The lowest BCUT2D eigenvalue weighted by molar-refractivity contribution is 0.0915. The van der Waals surface area contributed by atoms with E-state index in [1.807, 2.05) is 47.5 Å². The first-order valence-electron chi connectivity index (χ1n) is 8.52. The Morgan fingerprint density at radius 2 is 2.00 bits per heavy atom. The van der Waals surface area contributed by atoms with Crippen LogP contribution in [0.5, 0.6) is 0 Å². The van der Waals surface area contributed by atoms with E-state index in [1.165, 1.54) is 0 Å². The number of nitrogens with zero attached hydrogens (tertiary/aromatic N) is 3. The molecule has 1 atom stereocenters. The predicted octanol–water partition coefficient (Wildman–Crippen LogP) is 3.16. The number of halogens is 1. The van der Waals surface area contributed by atoms with Crippen molar-refractivity contribution >= 4 is 29.3 Å². The van der Waals surface area contributed by atoms with Crippen LogP contribution in [0.15, 0.2) is 55.0 Å². The van der Waals surface area contributed by atoms with Gasteiger partial charge in [-0.15, -0.1) is 0 Å². The van der Waals surface area contributed by atoms with Crippen molar-refractivity contribution in [1.82, 2.24) is 19.7 Å². The lowest BCUT2D eigenvalue weighted by atomic mass is 10.2. The quantitative estimate of drug-likeness (QED) is 0.605. The number of aliphatic hydroxyl groups excluding tert-OH is 1. The summed E-state index contributed by atoms with van der Waals surface area (Å²) >= 11 is 7.66. The highest BCUT2D eigenvalue weighted by Gasteiger charge is 2.22. The van der Waals surface area contributed by atoms with Crippen LogP contribution in [0.2, 0.25) is 5.02 Å². The SMILES string of the molecule is CSCC[C@@H](CO)NC(=O)c1cnn(-c2ccc(Cl)cc2)c1-n1cccc1. The number of carbonyl (C=O) groups excluding carboxylic acids is 1. The maximum atomic E-state index is 12.9. The second kappa shape index (κ2) is 9.12. The number of hydrogen-bond acceptors (Lipinski definition) is 4. The van der Waals surface area contributed by atoms with Crippen LogP contribution in [0, 0.1) is 0 Å². The number of benzene rings is 1. The van der Waals surface area contributed by atoms with Gasteiger partial charge in [0.05, 0.1) is 24.5 Å². The first-order chi connectivity index (χ1) is 13.1. The van der Waals surface area contributed by atoms with Gasteiger partial charge in [0, 0.05) is 17.4 Å². The molecule has 0 fully saturated rings. The minimum Gasteiger partial charge on any atom is -0.394 e. The summed E-state index contributed by atoms with van der Waals surface area (Å²) in [6.07, 6.45) is 7.96. The summed E-state index contributed by atoms with van der Waals surface area (Å²) in [5.41, 5.74) is 1.23. The van der Waals surface area contributed by atoms with Crippen LogP contribution in [0.3, 0.4) is 0 Å². The van der Waals surface area contributed by atoms with Crippen LogP contribution >= 0.6 is 23.4 Å². The molecule has 3 rings (SSSR count). The average molecular weight is 405 g/mol. The molecule has 0 aliphatic rings. The summed E-state index contributed by atoms with van der Waals surface area (Å²) < 4.78 is 3.54. The maximum Gasteiger partial charge on any atom is 0.257 e. The van der Waals surface area contributed by atoms with Crippen LogP contribution in [0.4, 0.5) is 0 Å². The molecule has 0 unspecified atom stereocenters. The molecular formula is C19H21ClN4O2S. The average Bonchev–Trinajstić information content (AvgIpc) is 3.34. The van der Waals surface area contributed by atoms with Crippen molar-refractivity contribution < 1.29 is 9.90 Å². The van der Waals surface area contributed by atoms with Crippen LogP contribution < -0.4 is 5.32 Å². The Hall–Kier alpha value is -2.22. The molecule has 0 aliphatic carbocycles. The lowest BCUT2D eigenvalue weighted by Gasteiger charge is -2.16. The summed E-state index contributed by atoms with van der Waals surface area (Å²) in [5.74, 6) is 1.22. The molecule has 27 heavy (non-hydrogen) atoms. The summed E-state index contributed by atoms with van der Waals surface area (Å²) in [6, 6.07) is 10.7. The van der Waals surface area contributed by atoms with E-state index in [0.29, 0.717) is 22.8 Å². The normalized spacial score (nSPS) is 12.1.